The first-order valence-corrected chi connectivity index (χ1v) is 6.78. The normalized spacial score (nSPS) is 10.5. The first-order chi connectivity index (χ1) is 11.1. The first kappa shape index (κ1) is 16.2. The molecule has 0 aliphatic rings. The van der Waals surface area contributed by atoms with Gasteiger partial charge in [-0.15, -0.1) is 0 Å². The summed E-state index contributed by atoms with van der Waals surface area (Å²) in [6.07, 6.45) is 4.44. The summed E-state index contributed by atoms with van der Waals surface area (Å²) in [6.45, 7) is 0.273. The van der Waals surface area contributed by atoms with Crippen LogP contribution in [0.4, 0.5) is 5.69 Å². The van der Waals surface area contributed by atoms with E-state index in [1.54, 1.807) is 30.5 Å². The quantitative estimate of drug-likeness (QED) is 0.502. The fourth-order valence-corrected chi connectivity index (χ4v) is 1.90. The highest BCUT2D eigenvalue weighted by Gasteiger charge is 2.05. The largest absolute Gasteiger partial charge is 0.481 e. The van der Waals surface area contributed by atoms with Crippen molar-refractivity contribution in [3.05, 3.63) is 69.9 Å². The van der Waals surface area contributed by atoms with Crippen molar-refractivity contribution < 1.29 is 14.5 Å². The van der Waals surface area contributed by atoms with Gasteiger partial charge in [-0.3, -0.25) is 14.9 Å². The van der Waals surface area contributed by atoms with Crippen molar-refractivity contribution in [1.82, 2.24) is 10.3 Å². The molecule has 7 heteroatoms. The summed E-state index contributed by atoms with van der Waals surface area (Å²) in [5.74, 6) is 0.137. The molecule has 0 aliphatic carbocycles. The number of carbonyl (C=O) groups is 1. The Kier molecular flexibility index (Phi) is 5.40. The van der Waals surface area contributed by atoms with Gasteiger partial charge in [0, 0.05) is 36.5 Å². The van der Waals surface area contributed by atoms with Crippen LogP contribution in [0.3, 0.4) is 0 Å². The van der Waals surface area contributed by atoms with Crippen LogP contribution in [-0.4, -0.2) is 22.9 Å². The van der Waals surface area contributed by atoms with Crippen molar-refractivity contribution in [1.29, 1.82) is 0 Å². The molecule has 0 unspecified atom stereocenters. The molecule has 0 radical (unpaired) electrons. The minimum absolute atomic E-state index is 0.0207. The summed E-state index contributed by atoms with van der Waals surface area (Å²) in [5, 5.41) is 13.4. The molecule has 0 aliphatic heterocycles. The lowest BCUT2D eigenvalue weighted by Gasteiger charge is -2.06. The second kappa shape index (κ2) is 7.69. The topological polar surface area (TPSA) is 94.4 Å². The van der Waals surface area contributed by atoms with Crippen molar-refractivity contribution in [3.63, 3.8) is 0 Å². The molecule has 118 valence electrons. The van der Waals surface area contributed by atoms with Crippen LogP contribution < -0.4 is 10.1 Å². The number of methoxy groups -OCH3 is 1. The number of pyridine rings is 1. The predicted molar refractivity (Wildman–Crippen MR) is 84.8 cm³/mol. The maximum atomic E-state index is 11.8. The van der Waals surface area contributed by atoms with E-state index < -0.39 is 4.92 Å². The minimum Gasteiger partial charge on any atom is -0.481 e. The molecule has 0 saturated heterocycles. The molecule has 23 heavy (non-hydrogen) atoms. The Hall–Kier alpha value is -3.22. The fraction of sp³-hybridized carbons (Fsp3) is 0.125. The molecule has 0 bridgehead atoms. The van der Waals surface area contributed by atoms with E-state index in [4.69, 9.17) is 4.74 Å². The first-order valence-electron chi connectivity index (χ1n) is 6.78. The van der Waals surface area contributed by atoms with Crippen molar-refractivity contribution >= 4 is 17.7 Å². The van der Waals surface area contributed by atoms with Gasteiger partial charge in [0.1, 0.15) is 0 Å². The van der Waals surface area contributed by atoms with Crippen molar-refractivity contribution in [2.24, 2.45) is 0 Å². The monoisotopic (exact) mass is 313 g/mol. The highest BCUT2D eigenvalue weighted by atomic mass is 16.6. The SMILES string of the molecule is COc1ncccc1CNC(=O)C=Cc1cccc([N+](=O)[O-])c1. The second-order valence-corrected chi connectivity index (χ2v) is 4.58. The molecule has 1 aromatic carbocycles. The Morgan fingerprint density at radius 1 is 1.39 bits per heavy atom. The van der Waals surface area contributed by atoms with Gasteiger partial charge in [0.2, 0.25) is 11.8 Å². The Morgan fingerprint density at radius 3 is 2.96 bits per heavy atom. The van der Waals surface area contributed by atoms with Gasteiger partial charge in [0.05, 0.1) is 12.0 Å². The van der Waals surface area contributed by atoms with Crippen LogP contribution in [0.2, 0.25) is 0 Å². The van der Waals surface area contributed by atoms with E-state index in [9.17, 15) is 14.9 Å². The van der Waals surface area contributed by atoms with Gasteiger partial charge in [0.15, 0.2) is 0 Å². The molecule has 2 rings (SSSR count). The molecule has 1 amide bonds. The number of rotatable bonds is 6. The molecule has 7 nitrogen and oxygen atoms in total. The van der Waals surface area contributed by atoms with Gasteiger partial charge >= 0.3 is 0 Å². The summed E-state index contributed by atoms with van der Waals surface area (Å²) in [7, 11) is 1.51. The number of nitrogens with one attached hydrogen (secondary N) is 1. The third-order valence-electron chi connectivity index (χ3n) is 3.00. The predicted octanol–water partition coefficient (Wildman–Crippen LogP) is 2.33. The summed E-state index contributed by atoms with van der Waals surface area (Å²) in [5.41, 5.74) is 1.31. The van der Waals surface area contributed by atoms with E-state index in [2.05, 4.69) is 10.3 Å². The van der Waals surface area contributed by atoms with Gasteiger partial charge in [-0.2, -0.15) is 0 Å². The van der Waals surface area contributed by atoms with E-state index in [-0.39, 0.29) is 18.1 Å². The molecule has 1 N–H and O–H groups in total. The molecule has 0 saturated carbocycles. The zero-order valence-corrected chi connectivity index (χ0v) is 12.4. The number of hydrogen-bond donors (Lipinski definition) is 1. The molecule has 1 heterocycles. The van der Waals surface area contributed by atoms with Gasteiger partial charge < -0.3 is 10.1 Å². The zero-order valence-electron chi connectivity index (χ0n) is 12.4. The molecule has 1 aromatic heterocycles. The lowest BCUT2D eigenvalue weighted by Crippen LogP contribution is -2.20. The summed E-state index contributed by atoms with van der Waals surface area (Å²) >= 11 is 0. The molecular weight excluding hydrogens is 298 g/mol. The van der Waals surface area contributed by atoms with E-state index in [0.717, 1.165) is 5.56 Å². The van der Waals surface area contributed by atoms with Gasteiger partial charge in [-0.25, -0.2) is 4.98 Å². The van der Waals surface area contributed by atoms with Crippen LogP contribution in [0.1, 0.15) is 11.1 Å². The maximum Gasteiger partial charge on any atom is 0.270 e. The number of nitrogens with zero attached hydrogens (tertiary/aromatic N) is 2. The number of amides is 1. The van der Waals surface area contributed by atoms with Crippen molar-refractivity contribution in [2.45, 2.75) is 6.54 Å². The number of benzene rings is 1. The summed E-state index contributed by atoms with van der Waals surface area (Å²) in [4.78, 5) is 26.1. The third kappa shape index (κ3) is 4.63. The van der Waals surface area contributed by atoms with Gasteiger partial charge in [-0.1, -0.05) is 18.2 Å². The van der Waals surface area contributed by atoms with Crippen LogP contribution in [0.5, 0.6) is 5.88 Å². The number of nitro benzene ring substituents is 1. The van der Waals surface area contributed by atoms with Gasteiger partial charge in [0.25, 0.3) is 5.69 Å². The highest BCUT2D eigenvalue weighted by molar-refractivity contribution is 5.91. The van der Waals surface area contributed by atoms with Crippen molar-refractivity contribution in [2.75, 3.05) is 7.11 Å². The Labute approximate surface area is 132 Å². The van der Waals surface area contributed by atoms with Crippen molar-refractivity contribution in [3.8, 4) is 5.88 Å². The molecular formula is C16H15N3O4. The fourth-order valence-electron chi connectivity index (χ4n) is 1.90. The van der Waals surface area contributed by atoms with Crippen LogP contribution in [-0.2, 0) is 11.3 Å². The number of aromatic nitrogens is 1. The van der Waals surface area contributed by atoms with Crippen LogP contribution in [0.25, 0.3) is 6.08 Å². The maximum absolute atomic E-state index is 11.8. The third-order valence-corrected chi connectivity index (χ3v) is 3.00. The zero-order chi connectivity index (χ0) is 16.7. The number of nitro groups is 1. The van der Waals surface area contributed by atoms with E-state index in [1.807, 2.05) is 0 Å². The average Bonchev–Trinajstić information content (AvgIpc) is 2.58. The number of non-ortho nitro benzene ring substituents is 1. The standard InChI is InChI=1S/C16H15N3O4/c1-23-16-13(5-3-9-17-16)11-18-15(20)8-7-12-4-2-6-14(10-12)19(21)22/h2-10H,11H2,1H3,(H,18,20). The van der Waals surface area contributed by atoms with E-state index in [1.165, 1.54) is 31.4 Å². The van der Waals surface area contributed by atoms with Crippen LogP contribution >= 0.6 is 0 Å². The molecule has 2 aromatic rings. The van der Waals surface area contributed by atoms with E-state index in [0.29, 0.717) is 11.4 Å². The molecule has 0 spiro atoms. The summed E-state index contributed by atoms with van der Waals surface area (Å²) < 4.78 is 5.10. The van der Waals surface area contributed by atoms with Crippen LogP contribution in [0, 0.1) is 10.1 Å². The average molecular weight is 313 g/mol. The highest BCUT2D eigenvalue weighted by Crippen LogP contribution is 2.14. The minimum atomic E-state index is -0.480. The lowest BCUT2D eigenvalue weighted by molar-refractivity contribution is -0.384. The molecule has 0 atom stereocenters. The molecule has 0 fully saturated rings. The smallest absolute Gasteiger partial charge is 0.270 e. The Bertz CT molecular complexity index is 744. The van der Waals surface area contributed by atoms with Gasteiger partial charge in [-0.05, 0) is 17.7 Å². The van der Waals surface area contributed by atoms with Crippen LogP contribution in [0.15, 0.2) is 48.7 Å². The number of ether oxygens (including phenoxy) is 1. The van der Waals surface area contributed by atoms with E-state index >= 15 is 0 Å². The second-order valence-electron chi connectivity index (χ2n) is 4.58. The Morgan fingerprint density at radius 2 is 2.22 bits per heavy atom. The summed E-state index contributed by atoms with van der Waals surface area (Å²) in [6, 6.07) is 9.59. The Balaban J connectivity index is 1.97. The lowest BCUT2D eigenvalue weighted by atomic mass is 10.2. The number of carbonyl (C=O) groups excluding carboxylic acids is 1. The number of hydrogen-bond acceptors (Lipinski definition) is 5.